The molecule has 1 aliphatic rings. The molecule has 1 aliphatic heterocycles. The molecule has 1 heterocycles. The van der Waals surface area contributed by atoms with Gasteiger partial charge >= 0.3 is 0 Å². The molecule has 1 rings (SSSR count). The summed E-state index contributed by atoms with van der Waals surface area (Å²) in [5.74, 6) is 0.399. The molecular formula is C8H16ClNO3S. The average Bonchev–Trinajstić information content (AvgIpc) is 2.53. The Morgan fingerprint density at radius 3 is 2.86 bits per heavy atom. The molecule has 1 fully saturated rings. The van der Waals surface area contributed by atoms with Gasteiger partial charge in [0, 0.05) is 24.4 Å². The molecule has 14 heavy (non-hydrogen) atoms. The number of halogens is 1. The molecule has 0 aromatic rings. The van der Waals surface area contributed by atoms with Crippen LogP contribution in [-0.4, -0.2) is 39.3 Å². The van der Waals surface area contributed by atoms with Gasteiger partial charge in [-0.2, -0.15) is 0 Å². The number of ether oxygens (including phenoxy) is 1. The van der Waals surface area contributed by atoms with Crippen LogP contribution in [0.15, 0.2) is 0 Å². The van der Waals surface area contributed by atoms with Crippen molar-refractivity contribution >= 4 is 21.6 Å². The average molecular weight is 242 g/mol. The summed E-state index contributed by atoms with van der Waals surface area (Å²) in [7, 11) is -3.21. The SMILES string of the molecule is CC(NS(=O)(=O)CCCl)C1CCOC1. The van der Waals surface area contributed by atoms with Crippen LogP contribution in [0.25, 0.3) is 0 Å². The van der Waals surface area contributed by atoms with Crippen LogP contribution >= 0.6 is 11.6 Å². The zero-order valence-electron chi connectivity index (χ0n) is 8.20. The maximum absolute atomic E-state index is 11.4. The molecule has 0 spiro atoms. The van der Waals surface area contributed by atoms with Crippen LogP contribution in [0.2, 0.25) is 0 Å². The van der Waals surface area contributed by atoms with Crippen molar-refractivity contribution in [2.24, 2.45) is 5.92 Å². The lowest BCUT2D eigenvalue weighted by Crippen LogP contribution is -2.39. The second-order valence-electron chi connectivity index (χ2n) is 3.54. The van der Waals surface area contributed by atoms with Crippen LogP contribution < -0.4 is 4.72 Å². The van der Waals surface area contributed by atoms with Crippen molar-refractivity contribution in [1.82, 2.24) is 4.72 Å². The van der Waals surface area contributed by atoms with E-state index in [0.29, 0.717) is 12.5 Å². The molecule has 0 bridgehead atoms. The van der Waals surface area contributed by atoms with Gasteiger partial charge in [0.05, 0.1) is 12.4 Å². The monoisotopic (exact) mass is 241 g/mol. The summed E-state index contributed by atoms with van der Waals surface area (Å²) in [6.07, 6.45) is 0.921. The smallest absolute Gasteiger partial charge is 0.213 e. The van der Waals surface area contributed by atoms with Crippen molar-refractivity contribution in [3.8, 4) is 0 Å². The van der Waals surface area contributed by atoms with Crippen LogP contribution in [0.4, 0.5) is 0 Å². The van der Waals surface area contributed by atoms with Crippen molar-refractivity contribution in [3.63, 3.8) is 0 Å². The Morgan fingerprint density at radius 1 is 1.64 bits per heavy atom. The number of sulfonamides is 1. The third kappa shape index (κ3) is 3.73. The topological polar surface area (TPSA) is 55.4 Å². The molecule has 0 radical (unpaired) electrons. The van der Waals surface area contributed by atoms with Crippen molar-refractivity contribution in [1.29, 1.82) is 0 Å². The Labute approximate surface area is 90.0 Å². The summed E-state index contributed by atoms with van der Waals surface area (Å²) in [5, 5.41) is 0. The second-order valence-corrected chi connectivity index (χ2v) is 5.79. The predicted octanol–water partition coefficient (Wildman–Crippen LogP) is 0.570. The molecule has 0 amide bonds. The number of hydrogen-bond donors (Lipinski definition) is 1. The van der Waals surface area contributed by atoms with Crippen LogP contribution in [0.3, 0.4) is 0 Å². The van der Waals surface area contributed by atoms with Crippen molar-refractivity contribution in [2.75, 3.05) is 24.8 Å². The van der Waals surface area contributed by atoms with Gasteiger partial charge < -0.3 is 4.74 Å². The molecule has 2 unspecified atom stereocenters. The normalized spacial score (nSPS) is 25.1. The van der Waals surface area contributed by atoms with E-state index in [0.717, 1.165) is 13.0 Å². The number of alkyl halides is 1. The van der Waals surface area contributed by atoms with Gasteiger partial charge in [-0.25, -0.2) is 13.1 Å². The number of hydrogen-bond acceptors (Lipinski definition) is 3. The molecule has 0 aliphatic carbocycles. The Balaban J connectivity index is 2.42. The lowest BCUT2D eigenvalue weighted by Gasteiger charge is -2.18. The van der Waals surface area contributed by atoms with Gasteiger partial charge in [-0.1, -0.05) is 0 Å². The first kappa shape index (κ1) is 12.2. The first-order valence-electron chi connectivity index (χ1n) is 4.69. The lowest BCUT2D eigenvalue weighted by molar-refractivity contribution is 0.180. The fourth-order valence-electron chi connectivity index (χ4n) is 1.49. The Morgan fingerprint density at radius 2 is 2.36 bits per heavy atom. The molecule has 84 valence electrons. The molecular weight excluding hydrogens is 226 g/mol. The van der Waals surface area contributed by atoms with E-state index >= 15 is 0 Å². The maximum Gasteiger partial charge on any atom is 0.213 e. The number of rotatable bonds is 5. The highest BCUT2D eigenvalue weighted by molar-refractivity contribution is 7.89. The summed E-state index contributed by atoms with van der Waals surface area (Å²) >= 11 is 5.39. The van der Waals surface area contributed by atoms with E-state index in [4.69, 9.17) is 16.3 Å². The molecule has 1 N–H and O–H groups in total. The quantitative estimate of drug-likeness (QED) is 0.716. The highest BCUT2D eigenvalue weighted by Crippen LogP contribution is 2.16. The Kier molecular flexibility index (Phi) is 4.63. The molecule has 1 saturated heterocycles. The van der Waals surface area contributed by atoms with Crippen molar-refractivity contribution in [2.45, 2.75) is 19.4 Å². The summed E-state index contributed by atoms with van der Waals surface area (Å²) < 4.78 is 30.5. The van der Waals surface area contributed by atoms with Gasteiger partial charge in [-0.15, -0.1) is 11.6 Å². The fraction of sp³-hybridized carbons (Fsp3) is 1.00. The highest BCUT2D eigenvalue weighted by Gasteiger charge is 2.25. The maximum atomic E-state index is 11.4. The summed E-state index contributed by atoms with van der Waals surface area (Å²) in [5.41, 5.74) is 0. The van der Waals surface area contributed by atoms with Crippen LogP contribution in [0, 0.1) is 5.92 Å². The first-order valence-corrected chi connectivity index (χ1v) is 6.87. The molecule has 0 saturated carbocycles. The van der Waals surface area contributed by atoms with Crippen LogP contribution in [0.5, 0.6) is 0 Å². The van der Waals surface area contributed by atoms with E-state index in [1.54, 1.807) is 0 Å². The third-order valence-corrected chi connectivity index (χ3v) is 4.27. The lowest BCUT2D eigenvalue weighted by atomic mass is 10.0. The van der Waals surface area contributed by atoms with Crippen molar-refractivity contribution in [3.05, 3.63) is 0 Å². The van der Waals surface area contributed by atoms with Gasteiger partial charge in [-0.3, -0.25) is 0 Å². The third-order valence-electron chi connectivity index (χ3n) is 2.38. The van der Waals surface area contributed by atoms with Gasteiger partial charge in [0.1, 0.15) is 0 Å². The standard InChI is InChI=1S/C8H16ClNO3S/c1-7(8-2-4-13-6-8)10-14(11,12)5-3-9/h7-8,10H,2-6H2,1H3. The summed E-state index contributed by atoms with van der Waals surface area (Å²) in [6.45, 7) is 3.24. The largest absolute Gasteiger partial charge is 0.381 e. The van der Waals surface area contributed by atoms with Crippen LogP contribution in [0.1, 0.15) is 13.3 Å². The van der Waals surface area contributed by atoms with Crippen LogP contribution in [-0.2, 0) is 14.8 Å². The molecule has 0 aromatic carbocycles. The van der Waals surface area contributed by atoms with E-state index in [-0.39, 0.29) is 17.7 Å². The van der Waals surface area contributed by atoms with Gasteiger partial charge in [0.2, 0.25) is 10.0 Å². The molecule has 6 heteroatoms. The predicted molar refractivity (Wildman–Crippen MR) is 56.0 cm³/mol. The van der Waals surface area contributed by atoms with E-state index in [2.05, 4.69) is 4.72 Å². The van der Waals surface area contributed by atoms with Gasteiger partial charge in [-0.05, 0) is 13.3 Å². The Hall–Kier alpha value is 0.160. The van der Waals surface area contributed by atoms with E-state index in [9.17, 15) is 8.42 Å². The summed E-state index contributed by atoms with van der Waals surface area (Å²) in [6, 6.07) is -0.0642. The second kappa shape index (κ2) is 5.30. The molecule has 4 nitrogen and oxygen atoms in total. The first-order chi connectivity index (χ1) is 6.55. The zero-order valence-corrected chi connectivity index (χ0v) is 9.77. The minimum absolute atomic E-state index is 0.0214. The zero-order chi connectivity index (χ0) is 10.6. The highest BCUT2D eigenvalue weighted by atomic mass is 35.5. The van der Waals surface area contributed by atoms with Crippen molar-refractivity contribution < 1.29 is 13.2 Å². The Bertz CT molecular complexity index is 262. The van der Waals surface area contributed by atoms with Gasteiger partial charge in [0.25, 0.3) is 0 Å². The van der Waals surface area contributed by atoms with E-state index in [1.807, 2.05) is 6.92 Å². The van der Waals surface area contributed by atoms with E-state index in [1.165, 1.54) is 0 Å². The van der Waals surface area contributed by atoms with E-state index < -0.39 is 10.0 Å². The summed E-state index contributed by atoms with van der Waals surface area (Å²) in [4.78, 5) is 0. The fourth-order valence-corrected chi connectivity index (χ4v) is 3.18. The number of nitrogens with one attached hydrogen (secondary N) is 1. The minimum Gasteiger partial charge on any atom is -0.381 e. The minimum atomic E-state index is -3.21. The molecule has 2 atom stereocenters. The van der Waals surface area contributed by atoms with Gasteiger partial charge in [0.15, 0.2) is 0 Å². The molecule has 0 aromatic heterocycles.